The predicted molar refractivity (Wildman–Crippen MR) is 87.3 cm³/mol. The van der Waals surface area contributed by atoms with Gasteiger partial charge in [0.1, 0.15) is 11.6 Å². The maximum Gasteiger partial charge on any atom is 0.191 e. The van der Waals surface area contributed by atoms with Crippen LogP contribution in [0.3, 0.4) is 0 Å². The molecular formula is C14H20F2IN3. The molecule has 1 saturated carbocycles. The summed E-state index contributed by atoms with van der Waals surface area (Å²) in [7, 11) is 0. The van der Waals surface area contributed by atoms with Gasteiger partial charge in [0.2, 0.25) is 0 Å². The van der Waals surface area contributed by atoms with Gasteiger partial charge in [-0.1, -0.05) is 0 Å². The van der Waals surface area contributed by atoms with Crippen LogP contribution in [0.2, 0.25) is 0 Å². The van der Waals surface area contributed by atoms with Crippen LogP contribution in [0.5, 0.6) is 0 Å². The van der Waals surface area contributed by atoms with Crippen LogP contribution in [-0.2, 0) is 6.54 Å². The molecule has 1 aromatic rings. The van der Waals surface area contributed by atoms with Crippen molar-refractivity contribution in [2.24, 2.45) is 10.9 Å². The van der Waals surface area contributed by atoms with Gasteiger partial charge in [0.15, 0.2) is 5.96 Å². The van der Waals surface area contributed by atoms with Crippen LogP contribution in [0.1, 0.15) is 25.3 Å². The minimum absolute atomic E-state index is 0. The standard InChI is InChI=1S/C14H19F2N3.HI/c1-2-17-14(18-8-10-3-4-10)19-9-11-7-12(15)5-6-13(11)16;/h5-7,10H,2-4,8-9H2,1H3,(H2,17,18,19);1H. The highest BCUT2D eigenvalue weighted by Gasteiger charge is 2.21. The SMILES string of the molecule is CCNC(=NCc1cc(F)ccc1F)NCC1CC1.I. The molecule has 1 aliphatic rings. The zero-order chi connectivity index (χ0) is 13.7. The Kier molecular flexibility index (Phi) is 7.18. The lowest BCUT2D eigenvalue weighted by atomic mass is 10.2. The second-order valence-electron chi connectivity index (χ2n) is 4.76. The molecule has 0 amide bonds. The summed E-state index contributed by atoms with van der Waals surface area (Å²) >= 11 is 0. The van der Waals surface area contributed by atoms with E-state index in [2.05, 4.69) is 15.6 Å². The van der Waals surface area contributed by atoms with Gasteiger partial charge < -0.3 is 10.6 Å². The highest BCUT2D eigenvalue weighted by atomic mass is 127. The van der Waals surface area contributed by atoms with Gasteiger partial charge in [-0.3, -0.25) is 0 Å². The van der Waals surface area contributed by atoms with Gasteiger partial charge in [0.05, 0.1) is 6.54 Å². The van der Waals surface area contributed by atoms with E-state index in [1.807, 2.05) is 6.92 Å². The summed E-state index contributed by atoms with van der Waals surface area (Å²) in [6.07, 6.45) is 2.51. The molecule has 0 radical (unpaired) electrons. The normalized spacial score (nSPS) is 14.7. The highest BCUT2D eigenvalue weighted by Crippen LogP contribution is 2.27. The van der Waals surface area contributed by atoms with E-state index in [9.17, 15) is 8.78 Å². The molecule has 3 nitrogen and oxygen atoms in total. The number of aliphatic imine (C=N–C) groups is 1. The quantitative estimate of drug-likeness (QED) is 0.457. The lowest BCUT2D eigenvalue weighted by molar-refractivity contribution is 0.585. The molecule has 0 saturated heterocycles. The van der Waals surface area contributed by atoms with Crippen molar-refractivity contribution in [3.63, 3.8) is 0 Å². The van der Waals surface area contributed by atoms with E-state index in [1.165, 1.54) is 18.9 Å². The van der Waals surface area contributed by atoms with Crippen molar-refractivity contribution < 1.29 is 8.78 Å². The number of hydrogen-bond acceptors (Lipinski definition) is 1. The van der Waals surface area contributed by atoms with Gasteiger partial charge in [0, 0.05) is 18.7 Å². The van der Waals surface area contributed by atoms with Gasteiger partial charge in [-0.2, -0.15) is 0 Å². The van der Waals surface area contributed by atoms with Gasteiger partial charge in [0.25, 0.3) is 0 Å². The lowest BCUT2D eigenvalue weighted by Gasteiger charge is -2.10. The molecule has 112 valence electrons. The van der Waals surface area contributed by atoms with E-state index in [-0.39, 0.29) is 36.1 Å². The monoisotopic (exact) mass is 395 g/mol. The topological polar surface area (TPSA) is 36.4 Å². The average molecular weight is 395 g/mol. The van der Waals surface area contributed by atoms with E-state index >= 15 is 0 Å². The predicted octanol–water partition coefficient (Wildman–Crippen LogP) is 3.05. The first-order valence-electron chi connectivity index (χ1n) is 6.65. The van der Waals surface area contributed by atoms with Crippen LogP contribution in [0.25, 0.3) is 0 Å². The van der Waals surface area contributed by atoms with Crippen molar-refractivity contribution in [2.45, 2.75) is 26.3 Å². The van der Waals surface area contributed by atoms with E-state index in [0.717, 1.165) is 31.1 Å². The molecule has 0 spiro atoms. The van der Waals surface area contributed by atoms with Crippen molar-refractivity contribution in [3.8, 4) is 0 Å². The van der Waals surface area contributed by atoms with Gasteiger partial charge in [-0.25, -0.2) is 13.8 Å². The molecular weight excluding hydrogens is 375 g/mol. The van der Waals surface area contributed by atoms with Crippen molar-refractivity contribution in [1.29, 1.82) is 0 Å². The molecule has 0 atom stereocenters. The van der Waals surface area contributed by atoms with Crippen LogP contribution < -0.4 is 10.6 Å². The number of guanidine groups is 1. The molecule has 0 bridgehead atoms. The molecule has 0 aliphatic heterocycles. The summed E-state index contributed by atoms with van der Waals surface area (Å²) in [5.74, 6) is 0.513. The average Bonchev–Trinajstić information content (AvgIpc) is 3.20. The Labute approximate surface area is 135 Å². The number of hydrogen-bond donors (Lipinski definition) is 2. The third-order valence-electron chi connectivity index (χ3n) is 3.01. The fraction of sp³-hybridized carbons (Fsp3) is 0.500. The summed E-state index contributed by atoms with van der Waals surface area (Å²) in [4.78, 5) is 4.27. The van der Waals surface area contributed by atoms with Gasteiger partial charge >= 0.3 is 0 Å². The zero-order valence-electron chi connectivity index (χ0n) is 11.5. The Morgan fingerprint density at radius 2 is 2.05 bits per heavy atom. The van der Waals surface area contributed by atoms with Crippen molar-refractivity contribution in [2.75, 3.05) is 13.1 Å². The van der Waals surface area contributed by atoms with Crippen LogP contribution >= 0.6 is 24.0 Å². The van der Waals surface area contributed by atoms with Crippen molar-refractivity contribution in [3.05, 3.63) is 35.4 Å². The van der Waals surface area contributed by atoms with E-state index in [0.29, 0.717) is 5.96 Å². The van der Waals surface area contributed by atoms with Crippen LogP contribution in [0.15, 0.2) is 23.2 Å². The van der Waals surface area contributed by atoms with E-state index in [1.54, 1.807) is 0 Å². The first-order valence-corrected chi connectivity index (χ1v) is 6.65. The minimum atomic E-state index is -0.442. The third-order valence-corrected chi connectivity index (χ3v) is 3.01. The van der Waals surface area contributed by atoms with Crippen molar-refractivity contribution in [1.82, 2.24) is 10.6 Å². The fourth-order valence-electron chi connectivity index (χ4n) is 1.73. The number of nitrogens with one attached hydrogen (secondary N) is 2. The molecule has 1 fully saturated rings. The second-order valence-corrected chi connectivity index (χ2v) is 4.76. The highest BCUT2D eigenvalue weighted by molar-refractivity contribution is 14.0. The van der Waals surface area contributed by atoms with Crippen LogP contribution in [0.4, 0.5) is 8.78 Å². The molecule has 6 heteroatoms. The zero-order valence-corrected chi connectivity index (χ0v) is 13.8. The van der Waals surface area contributed by atoms with Crippen LogP contribution in [-0.4, -0.2) is 19.0 Å². The maximum atomic E-state index is 13.5. The molecule has 0 unspecified atom stereocenters. The molecule has 0 aromatic heterocycles. The van der Waals surface area contributed by atoms with Crippen LogP contribution in [0, 0.1) is 17.6 Å². The summed E-state index contributed by atoms with van der Waals surface area (Å²) in [5, 5.41) is 6.30. The third kappa shape index (κ3) is 5.60. The number of nitrogens with zero attached hydrogens (tertiary/aromatic N) is 1. The molecule has 1 aliphatic carbocycles. The van der Waals surface area contributed by atoms with Gasteiger partial charge in [-0.05, 0) is 43.9 Å². The Bertz CT molecular complexity index is 462. The molecule has 2 rings (SSSR count). The molecule has 2 N–H and O–H groups in total. The second kappa shape index (κ2) is 8.39. The maximum absolute atomic E-state index is 13.5. The summed E-state index contributed by atoms with van der Waals surface area (Å²) in [6, 6.07) is 3.42. The number of benzene rings is 1. The summed E-state index contributed by atoms with van der Waals surface area (Å²) in [6.45, 7) is 3.72. The lowest BCUT2D eigenvalue weighted by Crippen LogP contribution is -2.38. The molecule has 20 heavy (non-hydrogen) atoms. The summed E-state index contributed by atoms with van der Waals surface area (Å²) < 4.78 is 26.5. The Morgan fingerprint density at radius 1 is 1.30 bits per heavy atom. The molecule has 0 heterocycles. The first-order chi connectivity index (χ1) is 9.19. The van der Waals surface area contributed by atoms with E-state index < -0.39 is 11.6 Å². The first kappa shape index (κ1) is 17.1. The Morgan fingerprint density at radius 3 is 2.70 bits per heavy atom. The number of rotatable bonds is 5. The summed E-state index contributed by atoms with van der Waals surface area (Å²) in [5.41, 5.74) is 0.267. The Hall–Kier alpha value is -0.920. The van der Waals surface area contributed by atoms with E-state index in [4.69, 9.17) is 0 Å². The molecule has 1 aromatic carbocycles. The van der Waals surface area contributed by atoms with Crippen molar-refractivity contribution >= 4 is 29.9 Å². The van der Waals surface area contributed by atoms with Gasteiger partial charge in [-0.15, -0.1) is 24.0 Å². The minimum Gasteiger partial charge on any atom is -0.357 e. The number of halogens is 3. The fourth-order valence-corrected chi connectivity index (χ4v) is 1.73. The largest absolute Gasteiger partial charge is 0.357 e. The Balaban J connectivity index is 0.00000200. The smallest absolute Gasteiger partial charge is 0.191 e.